The molecule has 13 nitrogen and oxygen atoms in total. The molecule has 1 aromatic carbocycles. The van der Waals surface area contributed by atoms with Gasteiger partial charge >= 0.3 is 23.9 Å². The third-order valence-electron chi connectivity index (χ3n) is 4.82. The van der Waals surface area contributed by atoms with Crippen molar-refractivity contribution in [1.82, 2.24) is 21.3 Å². The van der Waals surface area contributed by atoms with Crippen LogP contribution >= 0.6 is 22.6 Å². The first-order valence-electron chi connectivity index (χ1n) is 11.0. The summed E-state index contributed by atoms with van der Waals surface area (Å²) in [6.07, 6.45) is 0.0349. The molecule has 1 aromatic rings. The van der Waals surface area contributed by atoms with Gasteiger partial charge in [0.05, 0.1) is 0 Å². The lowest BCUT2D eigenvalue weighted by molar-refractivity contribution is -0.142. The number of halogens is 1. The Labute approximate surface area is 220 Å². The van der Waals surface area contributed by atoms with Crippen LogP contribution in [0.5, 0.6) is 0 Å². The molecule has 1 rings (SSSR count). The van der Waals surface area contributed by atoms with Gasteiger partial charge in [0.2, 0.25) is 5.91 Å². The number of carbonyl (C=O) groups is 6. The van der Waals surface area contributed by atoms with Crippen LogP contribution in [0.4, 0.5) is 4.79 Å². The van der Waals surface area contributed by atoms with Crippen LogP contribution in [0.15, 0.2) is 24.3 Å². The average molecular weight is 620 g/mol. The van der Waals surface area contributed by atoms with E-state index in [-0.39, 0.29) is 31.7 Å². The SMILES string of the molecule is O=C(O)CC[C@H](NC(=O)NCC[C@H](NC(=O)CCCCNC(=O)c1ccc(I)cc1)C(=O)O)C(=O)O. The second-order valence-corrected chi connectivity index (χ2v) is 8.94. The Kier molecular flexibility index (Phi) is 13.8. The maximum Gasteiger partial charge on any atom is 0.326 e. The van der Waals surface area contributed by atoms with Gasteiger partial charge in [0.25, 0.3) is 5.91 Å². The second kappa shape index (κ2) is 16.3. The predicted octanol–water partition coefficient (Wildman–Crippen LogP) is 0.768. The van der Waals surface area contributed by atoms with Gasteiger partial charge in [0, 0.05) is 35.1 Å². The lowest BCUT2D eigenvalue weighted by atomic mass is 10.1. The minimum atomic E-state index is -1.42. The molecule has 0 fully saturated rings. The van der Waals surface area contributed by atoms with E-state index in [1.807, 2.05) is 12.1 Å². The summed E-state index contributed by atoms with van der Waals surface area (Å²) in [6, 6.07) is 3.44. The van der Waals surface area contributed by atoms with Gasteiger partial charge in [-0.3, -0.25) is 14.4 Å². The molecule has 0 aliphatic rings. The molecule has 0 aliphatic carbocycles. The number of amides is 4. The highest BCUT2D eigenvalue weighted by molar-refractivity contribution is 14.1. The van der Waals surface area contributed by atoms with E-state index in [2.05, 4.69) is 43.9 Å². The van der Waals surface area contributed by atoms with Crippen LogP contribution in [-0.4, -0.2) is 76.2 Å². The number of aliphatic carboxylic acids is 3. The largest absolute Gasteiger partial charge is 0.481 e. The molecule has 0 bridgehead atoms. The molecule has 198 valence electrons. The number of benzene rings is 1. The number of hydrogen-bond donors (Lipinski definition) is 7. The Bertz CT molecular complexity index is 940. The third kappa shape index (κ3) is 12.9. The van der Waals surface area contributed by atoms with Gasteiger partial charge in [0.15, 0.2) is 0 Å². The first kappa shape index (κ1) is 30.6. The van der Waals surface area contributed by atoms with Gasteiger partial charge in [-0.1, -0.05) is 0 Å². The Morgan fingerprint density at radius 2 is 1.36 bits per heavy atom. The molecule has 4 amide bonds. The molecular weight excluding hydrogens is 591 g/mol. The summed E-state index contributed by atoms with van der Waals surface area (Å²) in [6.45, 7) is 0.169. The van der Waals surface area contributed by atoms with Crippen molar-refractivity contribution in [2.75, 3.05) is 13.1 Å². The lowest BCUT2D eigenvalue weighted by Gasteiger charge is -2.17. The molecule has 14 heteroatoms. The molecule has 2 atom stereocenters. The number of rotatable bonds is 16. The molecule has 0 saturated carbocycles. The Morgan fingerprint density at radius 3 is 1.94 bits per heavy atom. The second-order valence-electron chi connectivity index (χ2n) is 7.69. The zero-order valence-electron chi connectivity index (χ0n) is 19.3. The van der Waals surface area contributed by atoms with Gasteiger partial charge in [-0.05, 0) is 72.5 Å². The van der Waals surface area contributed by atoms with Crippen molar-refractivity contribution in [3.05, 3.63) is 33.4 Å². The normalized spacial score (nSPS) is 12.0. The van der Waals surface area contributed by atoms with E-state index in [1.54, 1.807) is 12.1 Å². The van der Waals surface area contributed by atoms with Crippen LogP contribution in [0.25, 0.3) is 0 Å². The number of urea groups is 1. The van der Waals surface area contributed by atoms with Crippen LogP contribution < -0.4 is 21.3 Å². The molecular formula is C22H29IN4O9. The standard InChI is InChI=1S/C22H29IN4O9/c23-14-6-4-13(5-7-14)19(31)24-11-2-1-3-17(28)26-16(21(34)35)10-12-25-22(36)27-15(20(32)33)8-9-18(29)30/h4-7,15-16H,1-3,8-12H2,(H,24,31)(H,26,28)(H,29,30)(H,32,33)(H,34,35)(H2,25,27,36)/t15-,16-/m0/s1. The Hall–Kier alpha value is -3.43. The van der Waals surface area contributed by atoms with E-state index in [4.69, 9.17) is 10.2 Å². The van der Waals surface area contributed by atoms with Crippen molar-refractivity contribution in [2.45, 2.75) is 50.6 Å². The Balaban J connectivity index is 2.31. The zero-order valence-corrected chi connectivity index (χ0v) is 21.4. The van der Waals surface area contributed by atoms with E-state index < -0.39 is 48.4 Å². The van der Waals surface area contributed by atoms with Crippen molar-refractivity contribution in [2.24, 2.45) is 0 Å². The van der Waals surface area contributed by atoms with Gasteiger partial charge in [0.1, 0.15) is 12.1 Å². The number of unbranched alkanes of at least 4 members (excludes halogenated alkanes) is 1. The molecule has 0 radical (unpaired) electrons. The fraction of sp³-hybridized carbons (Fsp3) is 0.455. The van der Waals surface area contributed by atoms with Crippen molar-refractivity contribution in [3.8, 4) is 0 Å². The number of hydrogen-bond acceptors (Lipinski definition) is 6. The van der Waals surface area contributed by atoms with Crippen LogP contribution in [0, 0.1) is 3.57 Å². The summed E-state index contributed by atoms with van der Waals surface area (Å²) >= 11 is 2.13. The molecule has 0 unspecified atom stereocenters. The monoisotopic (exact) mass is 620 g/mol. The van der Waals surface area contributed by atoms with Crippen LogP contribution in [0.1, 0.15) is 48.9 Å². The quantitative estimate of drug-likeness (QED) is 0.103. The third-order valence-corrected chi connectivity index (χ3v) is 5.54. The highest BCUT2D eigenvalue weighted by atomic mass is 127. The topological polar surface area (TPSA) is 211 Å². The van der Waals surface area contributed by atoms with Crippen molar-refractivity contribution in [1.29, 1.82) is 0 Å². The van der Waals surface area contributed by atoms with Crippen LogP contribution in [-0.2, 0) is 19.2 Å². The summed E-state index contributed by atoms with van der Waals surface area (Å²) in [4.78, 5) is 69.0. The fourth-order valence-electron chi connectivity index (χ4n) is 2.90. The van der Waals surface area contributed by atoms with E-state index in [0.717, 1.165) is 3.57 Å². The minimum Gasteiger partial charge on any atom is -0.481 e. The first-order chi connectivity index (χ1) is 17.0. The molecule has 36 heavy (non-hydrogen) atoms. The van der Waals surface area contributed by atoms with E-state index in [1.165, 1.54) is 0 Å². The molecule has 0 heterocycles. The number of nitrogens with one attached hydrogen (secondary N) is 4. The smallest absolute Gasteiger partial charge is 0.326 e. The van der Waals surface area contributed by atoms with Crippen LogP contribution in [0.2, 0.25) is 0 Å². The summed E-state index contributed by atoms with van der Waals surface area (Å²) in [5, 5.41) is 36.4. The zero-order chi connectivity index (χ0) is 27.1. The maximum atomic E-state index is 12.1. The predicted molar refractivity (Wildman–Crippen MR) is 134 cm³/mol. The fourth-order valence-corrected chi connectivity index (χ4v) is 3.26. The number of carboxylic acid groups (broad SMARTS) is 3. The average Bonchev–Trinajstić information content (AvgIpc) is 2.80. The van der Waals surface area contributed by atoms with Crippen molar-refractivity contribution in [3.63, 3.8) is 0 Å². The summed E-state index contributed by atoms with van der Waals surface area (Å²) in [5.41, 5.74) is 0.526. The lowest BCUT2D eigenvalue weighted by Crippen LogP contribution is -2.48. The van der Waals surface area contributed by atoms with Crippen molar-refractivity contribution >= 4 is 58.3 Å². The highest BCUT2D eigenvalue weighted by Gasteiger charge is 2.22. The maximum absolute atomic E-state index is 12.1. The number of carbonyl (C=O) groups excluding carboxylic acids is 3. The number of carboxylic acids is 3. The van der Waals surface area contributed by atoms with Crippen LogP contribution in [0.3, 0.4) is 0 Å². The molecule has 0 saturated heterocycles. The first-order valence-corrected chi connectivity index (χ1v) is 12.1. The van der Waals surface area contributed by atoms with E-state index in [0.29, 0.717) is 24.9 Å². The summed E-state index contributed by atoms with van der Waals surface area (Å²) in [7, 11) is 0. The highest BCUT2D eigenvalue weighted by Crippen LogP contribution is 2.07. The molecule has 0 aliphatic heterocycles. The minimum absolute atomic E-state index is 0.0426. The molecule has 7 N–H and O–H groups in total. The van der Waals surface area contributed by atoms with Crippen molar-refractivity contribution < 1.29 is 44.1 Å². The van der Waals surface area contributed by atoms with Gasteiger partial charge in [-0.2, -0.15) is 0 Å². The summed E-state index contributed by atoms with van der Waals surface area (Å²) in [5.74, 6) is -4.66. The van der Waals surface area contributed by atoms with Gasteiger partial charge in [-0.25, -0.2) is 14.4 Å². The molecule has 0 spiro atoms. The van der Waals surface area contributed by atoms with E-state index in [9.17, 15) is 33.9 Å². The Morgan fingerprint density at radius 1 is 0.750 bits per heavy atom. The molecule has 0 aromatic heterocycles. The summed E-state index contributed by atoms with van der Waals surface area (Å²) < 4.78 is 1.01. The van der Waals surface area contributed by atoms with E-state index >= 15 is 0 Å². The van der Waals surface area contributed by atoms with Gasteiger partial charge in [-0.15, -0.1) is 0 Å². The van der Waals surface area contributed by atoms with Gasteiger partial charge < -0.3 is 36.6 Å².